The van der Waals surface area contributed by atoms with E-state index in [1.54, 1.807) is 42.5 Å². The lowest BCUT2D eigenvalue weighted by Crippen LogP contribution is -2.02. The molecule has 2 N–H and O–H groups in total. The number of hydrogen-bond donors (Lipinski definition) is 2. The minimum atomic E-state index is -0.986. The molecule has 0 saturated heterocycles. The average Bonchev–Trinajstić information content (AvgIpc) is 2.45. The maximum absolute atomic E-state index is 11.1. The number of carboxylic acid groups (broad SMARTS) is 2. The van der Waals surface area contributed by atoms with Crippen molar-refractivity contribution in [2.75, 3.05) is 0 Å². The Morgan fingerprint density at radius 2 is 1.40 bits per heavy atom. The first-order valence-corrected chi connectivity index (χ1v) is 6.84. The molecule has 0 aliphatic carbocycles. The van der Waals surface area contributed by atoms with Crippen molar-refractivity contribution in [3.63, 3.8) is 0 Å². The second-order valence-corrected chi connectivity index (χ2v) is 5.07. The summed E-state index contributed by atoms with van der Waals surface area (Å²) in [6.45, 7) is 0. The number of rotatable bonds is 5. The summed E-state index contributed by atoms with van der Waals surface area (Å²) in [6.07, 6.45) is 0. The predicted molar refractivity (Wildman–Crippen MR) is 76.4 cm³/mol. The maximum atomic E-state index is 11.1. The van der Waals surface area contributed by atoms with E-state index in [1.807, 2.05) is 0 Å². The van der Waals surface area contributed by atoms with Crippen molar-refractivity contribution >= 4 is 23.7 Å². The molecule has 5 heteroatoms. The Kier molecular flexibility index (Phi) is 4.42. The van der Waals surface area contributed by atoms with Crippen LogP contribution in [0.2, 0.25) is 0 Å². The molecule has 20 heavy (non-hydrogen) atoms. The normalized spacial score (nSPS) is 10.2. The number of aromatic carboxylic acids is 2. The first-order valence-electron chi connectivity index (χ1n) is 5.86. The molecule has 0 amide bonds. The Balaban J connectivity index is 2.22. The fraction of sp³-hybridized carbons (Fsp3) is 0.0667. The Bertz CT molecular complexity index is 594. The maximum Gasteiger partial charge on any atom is 0.336 e. The molecule has 0 spiro atoms. The summed E-state index contributed by atoms with van der Waals surface area (Å²) >= 11 is 1.32. The van der Waals surface area contributed by atoms with Crippen LogP contribution in [0.5, 0.6) is 0 Å². The molecule has 2 aromatic rings. The first-order chi connectivity index (χ1) is 9.59. The standard InChI is InChI=1S/C15H12O4S/c16-14(17)11-6-2-1-5-10(11)9-20-13-8-4-3-7-12(13)15(18)19/h1-8H,9H2,(H,16,17)(H,18,19). The lowest BCUT2D eigenvalue weighted by atomic mass is 10.1. The van der Waals surface area contributed by atoms with Gasteiger partial charge in [0.15, 0.2) is 0 Å². The third-order valence-corrected chi connectivity index (χ3v) is 3.87. The summed E-state index contributed by atoms with van der Waals surface area (Å²) in [6, 6.07) is 13.4. The highest BCUT2D eigenvalue weighted by atomic mass is 32.2. The Morgan fingerprint density at radius 1 is 0.850 bits per heavy atom. The van der Waals surface area contributed by atoms with Crippen molar-refractivity contribution in [3.05, 3.63) is 65.2 Å². The number of carboxylic acids is 2. The van der Waals surface area contributed by atoms with Crippen LogP contribution in [0.25, 0.3) is 0 Å². The molecule has 0 aromatic heterocycles. The van der Waals surface area contributed by atoms with Crippen molar-refractivity contribution in [1.82, 2.24) is 0 Å². The van der Waals surface area contributed by atoms with Crippen molar-refractivity contribution in [3.8, 4) is 0 Å². The van der Waals surface area contributed by atoms with Gasteiger partial charge in [0.1, 0.15) is 0 Å². The molecule has 0 aliphatic rings. The Hall–Kier alpha value is -2.27. The van der Waals surface area contributed by atoms with Gasteiger partial charge in [-0.15, -0.1) is 11.8 Å². The number of benzene rings is 2. The summed E-state index contributed by atoms with van der Waals surface area (Å²) in [4.78, 5) is 22.8. The van der Waals surface area contributed by atoms with E-state index < -0.39 is 11.9 Å². The molecule has 2 aromatic carbocycles. The lowest BCUT2D eigenvalue weighted by molar-refractivity contribution is 0.0683. The van der Waals surface area contributed by atoms with Gasteiger partial charge in [0.05, 0.1) is 11.1 Å². The molecule has 0 bridgehead atoms. The Labute approximate surface area is 120 Å². The highest BCUT2D eigenvalue weighted by molar-refractivity contribution is 7.98. The van der Waals surface area contributed by atoms with Crippen LogP contribution in [-0.2, 0) is 5.75 Å². The Morgan fingerprint density at radius 3 is 2.05 bits per heavy atom. The summed E-state index contributed by atoms with van der Waals surface area (Å²) < 4.78 is 0. The van der Waals surface area contributed by atoms with Gasteiger partial charge in [-0.2, -0.15) is 0 Å². The highest BCUT2D eigenvalue weighted by Crippen LogP contribution is 2.27. The molecule has 0 heterocycles. The van der Waals surface area contributed by atoms with Crippen molar-refractivity contribution < 1.29 is 19.8 Å². The van der Waals surface area contributed by atoms with Crippen LogP contribution in [0.4, 0.5) is 0 Å². The minimum Gasteiger partial charge on any atom is -0.478 e. The molecular formula is C15H12O4S. The van der Waals surface area contributed by atoms with E-state index in [-0.39, 0.29) is 11.1 Å². The summed E-state index contributed by atoms with van der Waals surface area (Å²) in [5.41, 5.74) is 1.14. The highest BCUT2D eigenvalue weighted by Gasteiger charge is 2.12. The van der Waals surface area contributed by atoms with E-state index in [0.29, 0.717) is 16.2 Å². The van der Waals surface area contributed by atoms with E-state index in [9.17, 15) is 9.59 Å². The van der Waals surface area contributed by atoms with E-state index in [1.165, 1.54) is 17.8 Å². The number of hydrogen-bond acceptors (Lipinski definition) is 3. The monoisotopic (exact) mass is 288 g/mol. The van der Waals surface area contributed by atoms with Crippen LogP contribution in [0.15, 0.2) is 53.4 Å². The quantitative estimate of drug-likeness (QED) is 0.825. The van der Waals surface area contributed by atoms with E-state index in [4.69, 9.17) is 10.2 Å². The van der Waals surface area contributed by atoms with Crippen LogP contribution in [0, 0.1) is 0 Å². The topological polar surface area (TPSA) is 74.6 Å². The molecule has 0 atom stereocenters. The lowest BCUT2D eigenvalue weighted by Gasteiger charge is -2.07. The zero-order chi connectivity index (χ0) is 14.5. The zero-order valence-electron chi connectivity index (χ0n) is 10.4. The van der Waals surface area contributed by atoms with Crippen molar-refractivity contribution in [1.29, 1.82) is 0 Å². The van der Waals surface area contributed by atoms with E-state index in [2.05, 4.69) is 0 Å². The van der Waals surface area contributed by atoms with Crippen LogP contribution >= 0.6 is 11.8 Å². The third-order valence-electron chi connectivity index (χ3n) is 2.75. The predicted octanol–water partition coefficient (Wildman–Crippen LogP) is 3.38. The molecule has 0 saturated carbocycles. The van der Waals surface area contributed by atoms with Crippen LogP contribution in [0.1, 0.15) is 26.3 Å². The smallest absolute Gasteiger partial charge is 0.336 e. The average molecular weight is 288 g/mol. The van der Waals surface area contributed by atoms with E-state index >= 15 is 0 Å². The molecule has 0 radical (unpaired) electrons. The molecule has 0 unspecified atom stereocenters. The molecule has 2 rings (SSSR count). The molecule has 0 fully saturated rings. The SMILES string of the molecule is O=C(O)c1ccccc1CSc1ccccc1C(=O)O. The van der Waals surface area contributed by atoms with Gasteiger partial charge < -0.3 is 10.2 Å². The van der Waals surface area contributed by atoms with E-state index in [0.717, 1.165) is 0 Å². The second-order valence-electron chi connectivity index (χ2n) is 4.05. The van der Waals surface area contributed by atoms with Gasteiger partial charge in [0.25, 0.3) is 0 Å². The molecular weight excluding hydrogens is 276 g/mol. The second kappa shape index (κ2) is 6.25. The fourth-order valence-electron chi connectivity index (χ4n) is 1.78. The largest absolute Gasteiger partial charge is 0.478 e. The van der Waals surface area contributed by atoms with Gasteiger partial charge in [-0.25, -0.2) is 9.59 Å². The van der Waals surface area contributed by atoms with Crippen molar-refractivity contribution in [2.45, 2.75) is 10.6 Å². The van der Waals surface area contributed by atoms with Gasteiger partial charge in [-0.05, 0) is 23.8 Å². The summed E-state index contributed by atoms with van der Waals surface area (Å²) in [5, 5.41) is 18.2. The third kappa shape index (κ3) is 3.19. The van der Waals surface area contributed by atoms with Crippen LogP contribution < -0.4 is 0 Å². The van der Waals surface area contributed by atoms with Gasteiger partial charge in [0, 0.05) is 10.6 Å². The molecule has 0 aliphatic heterocycles. The van der Waals surface area contributed by atoms with Crippen molar-refractivity contribution in [2.24, 2.45) is 0 Å². The molecule has 4 nitrogen and oxygen atoms in total. The van der Waals surface area contributed by atoms with Gasteiger partial charge >= 0.3 is 11.9 Å². The van der Waals surface area contributed by atoms with Gasteiger partial charge in [-0.1, -0.05) is 30.3 Å². The summed E-state index contributed by atoms with van der Waals surface area (Å²) in [7, 11) is 0. The van der Waals surface area contributed by atoms with Gasteiger partial charge in [-0.3, -0.25) is 0 Å². The van der Waals surface area contributed by atoms with Crippen LogP contribution in [-0.4, -0.2) is 22.2 Å². The minimum absolute atomic E-state index is 0.227. The fourth-order valence-corrected chi connectivity index (χ4v) is 2.83. The number of carbonyl (C=O) groups is 2. The summed E-state index contributed by atoms with van der Waals surface area (Å²) in [5.74, 6) is -1.56. The first kappa shape index (κ1) is 14.1. The zero-order valence-corrected chi connectivity index (χ0v) is 11.3. The van der Waals surface area contributed by atoms with Gasteiger partial charge in [0.2, 0.25) is 0 Å². The van der Waals surface area contributed by atoms with Crippen LogP contribution in [0.3, 0.4) is 0 Å². The molecule has 102 valence electrons. The number of thioether (sulfide) groups is 1.